The Balaban J connectivity index is 2.84. The second-order valence-electron chi connectivity index (χ2n) is 4.97. The second kappa shape index (κ2) is 7.08. The molecule has 0 fully saturated rings. The van der Waals surface area contributed by atoms with Gasteiger partial charge < -0.3 is 20.9 Å². The molecule has 0 saturated heterocycles. The van der Waals surface area contributed by atoms with Crippen LogP contribution in [0.3, 0.4) is 0 Å². The molecule has 7 heteroatoms. The number of hydrogen-bond acceptors (Lipinski definition) is 7. The molecule has 0 amide bonds. The van der Waals surface area contributed by atoms with Crippen molar-refractivity contribution in [2.75, 3.05) is 17.7 Å². The fourth-order valence-electron chi connectivity index (χ4n) is 1.58. The molecule has 1 aromatic heterocycles. The van der Waals surface area contributed by atoms with Gasteiger partial charge in [0.1, 0.15) is 0 Å². The van der Waals surface area contributed by atoms with E-state index >= 15 is 0 Å². The zero-order chi connectivity index (χ0) is 14.4. The summed E-state index contributed by atoms with van der Waals surface area (Å²) < 4.78 is 5.41. The van der Waals surface area contributed by atoms with E-state index in [1.165, 1.54) is 0 Å². The summed E-state index contributed by atoms with van der Waals surface area (Å²) in [6, 6.07) is 0.273. The maximum Gasteiger partial charge on any atom is 0.323 e. The quantitative estimate of drug-likeness (QED) is 0.679. The lowest BCUT2D eigenvalue weighted by Gasteiger charge is -2.21. The van der Waals surface area contributed by atoms with E-state index < -0.39 is 0 Å². The first-order chi connectivity index (χ1) is 8.92. The van der Waals surface area contributed by atoms with Crippen molar-refractivity contribution in [3.63, 3.8) is 0 Å². The Labute approximate surface area is 113 Å². The van der Waals surface area contributed by atoms with Gasteiger partial charge in [0.15, 0.2) is 0 Å². The molecule has 1 heterocycles. The summed E-state index contributed by atoms with van der Waals surface area (Å²) in [7, 11) is 0. The zero-order valence-electron chi connectivity index (χ0n) is 11.9. The van der Waals surface area contributed by atoms with Crippen LogP contribution in [0.4, 0.5) is 11.9 Å². The van der Waals surface area contributed by atoms with Crippen LogP contribution in [-0.2, 0) is 0 Å². The van der Waals surface area contributed by atoms with E-state index in [4.69, 9.17) is 15.6 Å². The Morgan fingerprint density at radius 2 is 1.89 bits per heavy atom. The van der Waals surface area contributed by atoms with Gasteiger partial charge in [-0.2, -0.15) is 15.0 Å². The molecule has 0 bridgehead atoms. The first-order valence-electron chi connectivity index (χ1n) is 6.48. The predicted octanol–water partition coefficient (Wildman–Crippen LogP) is 1.06. The van der Waals surface area contributed by atoms with Crippen molar-refractivity contribution in [3.05, 3.63) is 0 Å². The van der Waals surface area contributed by atoms with Crippen molar-refractivity contribution in [2.45, 2.75) is 46.3 Å². The minimum absolute atomic E-state index is 0.0343. The monoisotopic (exact) mass is 269 g/mol. The Morgan fingerprint density at radius 1 is 1.21 bits per heavy atom. The molecular weight excluding hydrogens is 246 g/mol. The van der Waals surface area contributed by atoms with E-state index in [0.717, 1.165) is 0 Å². The Kier molecular flexibility index (Phi) is 5.75. The second-order valence-corrected chi connectivity index (χ2v) is 4.97. The van der Waals surface area contributed by atoms with E-state index in [0.29, 0.717) is 18.3 Å². The SMILES string of the molecule is CC(C)Oc1nc(N)nc(NC(CCO)C(C)C)n1. The Morgan fingerprint density at radius 3 is 2.42 bits per heavy atom. The summed E-state index contributed by atoms with van der Waals surface area (Å²) in [5.74, 6) is 0.814. The summed E-state index contributed by atoms with van der Waals surface area (Å²) in [6.07, 6.45) is 0.580. The van der Waals surface area contributed by atoms with E-state index in [1.807, 2.05) is 13.8 Å². The third kappa shape index (κ3) is 5.25. The molecular formula is C12H23N5O2. The summed E-state index contributed by atoms with van der Waals surface area (Å²) >= 11 is 0. The van der Waals surface area contributed by atoms with Crippen molar-refractivity contribution in [2.24, 2.45) is 5.92 Å². The van der Waals surface area contributed by atoms with Crippen molar-refractivity contribution in [3.8, 4) is 6.01 Å². The molecule has 0 radical (unpaired) electrons. The summed E-state index contributed by atoms with van der Waals surface area (Å²) in [6.45, 7) is 7.99. The van der Waals surface area contributed by atoms with Crippen LogP contribution in [-0.4, -0.2) is 38.8 Å². The first kappa shape index (κ1) is 15.4. The lowest BCUT2D eigenvalue weighted by atomic mass is 10.0. The maximum atomic E-state index is 9.05. The summed E-state index contributed by atoms with van der Waals surface area (Å²) in [5.41, 5.74) is 5.63. The van der Waals surface area contributed by atoms with Crippen molar-refractivity contribution >= 4 is 11.9 Å². The number of ether oxygens (including phenoxy) is 1. The number of nitrogens with one attached hydrogen (secondary N) is 1. The van der Waals surface area contributed by atoms with Crippen LogP contribution in [0.25, 0.3) is 0 Å². The molecule has 1 aromatic rings. The van der Waals surface area contributed by atoms with Gasteiger partial charge in [-0.05, 0) is 26.2 Å². The molecule has 0 aliphatic rings. The number of nitrogen functional groups attached to an aromatic ring is 1. The summed E-state index contributed by atoms with van der Waals surface area (Å²) in [5, 5.41) is 12.2. The van der Waals surface area contributed by atoms with Crippen LogP contribution in [0, 0.1) is 5.92 Å². The van der Waals surface area contributed by atoms with E-state index in [1.54, 1.807) is 0 Å². The van der Waals surface area contributed by atoms with Crippen LogP contribution in [0.1, 0.15) is 34.1 Å². The molecule has 0 aliphatic carbocycles. The topological polar surface area (TPSA) is 106 Å². The number of aromatic nitrogens is 3. The van der Waals surface area contributed by atoms with Crippen LogP contribution in [0.2, 0.25) is 0 Å². The normalized spacial score (nSPS) is 12.8. The standard InChI is InChI=1S/C12H23N5O2/c1-7(2)9(5-6-18)14-11-15-10(13)16-12(17-11)19-8(3)4/h7-9,18H,5-6H2,1-4H3,(H3,13,14,15,16,17). The molecule has 19 heavy (non-hydrogen) atoms. The summed E-state index contributed by atoms with van der Waals surface area (Å²) in [4.78, 5) is 12.1. The average Bonchev–Trinajstić information content (AvgIpc) is 2.26. The van der Waals surface area contributed by atoms with Crippen molar-refractivity contribution in [1.29, 1.82) is 0 Å². The number of nitrogens with zero attached hydrogens (tertiary/aromatic N) is 3. The zero-order valence-corrected chi connectivity index (χ0v) is 11.9. The lowest BCUT2D eigenvalue weighted by Crippen LogP contribution is -2.28. The number of rotatable bonds is 7. The van der Waals surface area contributed by atoms with Gasteiger partial charge >= 0.3 is 6.01 Å². The molecule has 1 atom stereocenters. The van der Waals surface area contributed by atoms with Gasteiger partial charge in [0.05, 0.1) is 6.10 Å². The van der Waals surface area contributed by atoms with Crippen molar-refractivity contribution < 1.29 is 9.84 Å². The fourth-order valence-corrected chi connectivity index (χ4v) is 1.58. The van der Waals surface area contributed by atoms with Crippen LogP contribution < -0.4 is 15.8 Å². The van der Waals surface area contributed by atoms with Gasteiger partial charge in [0, 0.05) is 12.6 Å². The molecule has 1 unspecified atom stereocenters. The van der Waals surface area contributed by atoms with Gasteiger partial charge in [-0.25, -0.2) is 0 Å². The molecule has 7 nitrogen and oxygen atoms in total. The highest BCUT2D eigenvalue weighted by Gasteiger charge is 2.15. The molecule has 108 valence electrons. The highest BCUT2D eigenvalue weighted by atomic mass is 16.5. The smallest absolute Gasteiger partial charge is 0.323 e. The van der Waals surface area contributed by atoms with E-state index in [2.05, 4.69) is 34.1 Å². The van der Waals surface area contributed by atoms with Gasteiger partial charge in [0.2, 0.25) is 11.9 Å². The minimum Gasteiger partial charge on any atom is -0.461 e. The van der Waals surface area contributed by atoms with Gasteiger partial charge in [0.25, 0.3) is 0 Å². The Hall–Kier alpha value is -1.63. The molecule has 0 aromatic carbocycles. The van der Waals surface area contributed by atoms with Gasteiger partial charge in [-0.15, -0.1) is 0 Å². The number of aliphatic hydroxyl groups is 1. The molecule has 0 aliphatic heterocycles. The van der Waals surface area contributed by atoms with Crippen LogP contribution in [0.15, 0.2) is 0 Å². The largest absolute Gasteiger partial charge is 0.461 e. The Bertz CT molecular complexity index is 398. The third-order valence-corrected chi connectivity index (χ3v) is 2.53. The number of nitrogens with two attached hydrogens (primary N) is 1. The van der Waals surface area contributed by atoms with Gasteiger partial charge in [-0.1, -0.05) is 13.8 Å². The molecule has 0 saturated carbocycles. The van der Waals surface area contributed by atoms with Gasteiger partial charge in [-0.3, -0.25) is 0 Å². The number of anilines is 2. The first-order valence-corrected chi connectivity index (χ1v) is 6.48. The third-order valence-electron chi connectivity index (χ3n) is 2.53. The number of aliphatic hydroxyl groups excluding tert-OH is 1. The molecule has 1 rings (SSSR count). The van der Waals surface area contributed by atoms with Crippen LogP contribution in [0.5, 0.6) is 6.01 Å². The van der Waals surface area contributed by atoms with E-state index in [9.17, 15) is 0 Å². The van der Waals surface area contributed by atoms with E-state index in [-0.39, 0.29) is 30.7 Å². The van der Waals surface area contributed by atoms with Crippen LogP contribution >= 0.6 is 0 Å². The fraction of sp³-hybridized carbons (Fsp3) is 0.750. The average molecular weight is 269 g/mol. The predicted molar refractivity (Wildman–Crippen MR) is 74.0 cm³/mol. The molecule has 4 N–H and O–H groups in total. The van der Waals surface area contributed by atoms with Crippen molar-refractivity contribution in [1.82, 2.24) is 15.0 Å². The number of hydrogen-bond donors (Lipinski definition) is 3. The maximum absolute atomic E-state index is 9.05. The lowest BCUT2D eigenvalue weighted by molar-refractivity contribution is 0.222. The highest BCUT2D eigenvalue weighted by molar-refractivity contribution is 5.33. The minimum atomic E-state index is -0.0343. The highest BCUT2D eigenvalue weighted by Crippen LogP contribution is 2.15. The molecule has 0 spiro atoms.